The molecule has 0 spiro atoms. The second-order valence-electron chi connectivity index (χ2n) is 8.60. The summed E-state index contributed by atoms with van der Waals surface area (Å²) < 4.78 is 0. The average molecular weight is 427 g/mol. The maximum atomic E-state index is 13.5. The lowest BCUT2D eigenvalue weighted by Gasteiger charge is -2.51. The molecule has 3 rings (SSSR count). The van der Waals surface area contributed by atoms with Gasteiger partial charge in [0, 0.05) is 24.7 Å². The van der Waals surface area contributed by atoms with Crippen molar-refractivity contribution in [2.45, 2.75) is 59.0 Å². The highest BCUT2D eigenvalue weighted by Crippen LogP contribution is 2.33. The highest BCUT2D eigenvalue weighted by Gasteiger charge is 2.50. The summed E-state index contributed by atoms with van der Waals surface area (Å²) in [6, 6.07) is 13.8. The first-order valence-corrected chi connectivity index (χ1v) is 11.0. The Labute approximate surface area is 184 Å². The molecule has 160 valence electrons. The maximum Gasteiger partial charge on any atom is 0.248 e. The topological polar surface area (TPSA) is 40.6 Å². The first-order valence-electron chi connectivity index (χ1n) is 10.6. The number of hydrogen-bond acceptors (Lipinski definition) is 2. The first-order chi connectivity index (χ1) is 14.2. The van der Waals surface area contributed by atoms with Gasteiger partial charge in [0.05, 0.1) is 6.42 Å². The molecule has 5 heteroatoms. The van der Waals surface area contributed by atoms with Crippen LogP contribution in [0.25, 0.3) is 0 Å². The van der Waals surface area contributed by atoms with E-state index in [1.807, 2.05) is 62.1 Å². The van der Waals surface area contributed by atoms with Crippen LogP contribution in [0.15, 0.2) is 42.5 Å². The van der Waals surface area contributed by atoms with Gasteiger partial charge in [0.25, 0.3) is 0 Å². The molecule has 4 nitrogen and oxygen atoms in total. The van der Waals surface area contributed by atoms with Crippen molar-refractivity contribution in [2.75, 3.05) is 13.1 Å². The van der Waals surface area contributed by atoms with Crippen molar-refractivity contribution in [2.24, 2.45) is 0 Å². The van der Waals surface area contributed by atoms with E-state index in [-0.39, 0.29) is 11.8 Å². The van der Waals surface area contributed by atoms with E-state index in [2.05, 4.69) is 13.0 Å². The molecule has 0 bridgehead atoms. The number of likely N-dealkylation sites (tertiary alicyclic amines) is 1. The number of aryl methyl sites for hydroxylation is 2. The molecule has 1 atom stereocenters. The Hall–Kier alpha value is -2.33. The van der Waals surface area contributed by atoms with Crippen LogP contribution in [0.1, 0.15) is 48.9 Å². The van der Waals surface area contributed by atoms with Crippen LogP contribution in [0.4, 0.5) is 0 Å². The minimum atomic E-state index is -0.766. The second-order valence-corrected chi connectivity index (χ2v) is 9.03. The van der Waals surface area contributed by atoms with Gasteiger partial charge >= 0.3 is 0 Å². The largest absolute Gasteiger partial charge is 0.336 e. The summed E-state index contributed by atoms with van der Waals surface area (Å²) >= 11 is 5.99. The Kier molecular flexibility index (Phi) is 6.87. The van der Waals surface area contributed by atoms with E-state index in [9.17, 15) is 9.59 Å². The van der Waals surface area contributed by atoms with E-state index < -0.39 is 5.54 Å². The van der Waals surface area contributed by atoms with Crippen molar-refractivity contribution in [3.8, 4) is 0 Å². The van der Waals surface area contributed by atoms with E-state index >= 15 is 0 Å². The molecule has 0 aliphatic carbocycles. The Morgan fingerprint density at radius 2 is 1.70 bits per heavy atom. The monoisotopic (exact) mass is 426 g/mol. The number of amides is 2. The van der Waals surface area contributed by atoms with Crippen molar-refractivity contribution in [3.05, 3.63) is 69.7 Å². The smallest absolute Gasteiger partial charge is 0.248 e. The third-order valence-corrected chi connectivity index (χ3v) is 6.14. The van der Waals surface area contributed by atoms with E-state index in [4.69, 9.17) is 11.6 Å². The SMILES string of the molecule is CCCN(Cc1ccc(Cl)cc1)C(=O)C1(C)CCN1C(=O)Cc1cc(C)cc(C)c1. The minimum absolute atomic E-state index is 0.0186. The third kappa shape index (κ3) is 4.86. The van der Waals surface area contributed by atoms with Crippen LogP contribution in [0.3, 0.4) is 0 Å². The normalized spacial score (nSPS) is 18.1. The van der Waals surface area contributed by atoms with Gasteiger partial charge in [-0.05, 0) is 56.9 Å². The van der Waals surface area contributed by atoms with Crippen molar-refractivity contribution in [1.82, 2.24) is 9.80 Å². The lowest BCUT2D eigenvalue weighted by atomic mass is 9.84. The number of nitrogens with zero attached hydrogens (tertiary/aromatic N) is 2. The molecular weight excluding hydrogens is 396 g/mol. The second kappa shape index (κ2) is 9.22. The molecule has 1 unspecified atom stereocenters. The van der Waals surface area contributed by atoms with Crippen LogP contribution in [0.5, 0.6) is 0 Å². The minimum Gasteiger partial charge on any atom is -0.336 e. The fourth-order valence-electron chi connectivity index (χ4n) is 4.30. The van der Waals surface area contributed by atoms with Crippen molar-refractivity contribution in [3.63, 3.8) is 0 Å². The fourth-order valence-corrected chi connectivity index (χ4v) is 4.42. The molecule has 1 heterocycles. The first kappa shape index (κ1) is 22.4. The number of carbonyl (C=O) groups is 2. The fraction of sp³-hybridized carbons (Fsp3) is 0.440. The summed E-state index contributed by atoms with van der Waals surface area (Å²) in [5.74, 6) is 0.0457. The van der Waals surface area contributed by atoms with Gasteiger partial charge in [-0.1, -0.05) is 60.0 Å². The van der Waals surface area contributed by atoms with Crippen LogP contribution < -0.4 is 0 Å². The highest BCUT2D eigenvalue weighted by atomic mass is 35.5. The van der Waals surface area contributed by atoms with Crippen molar-refractivity contribution < 1.29 is 9.59 Å². The van der Waals surface area contributed by atoms with Crippen LogP contribution in [-0.4, -0.2) is 40.2 Å². The zero-order valence-corrected chi connectivity index (χ0v) is 19.1. The molecule has 1 aliphatic heterocycles. The average Bonchev–Trinajstić information content (AvgIpc) is 2.66. The summed E-state index contributed by atoms with van der Waals surface area (Å²) in [6.07, 6.45) is 1.90. The zero-order valence-electron chi connectivity index (χ0n) is 18.4. The van der Waals surface area contributed by atoms with E-state index in [1.54, 1.807) is 4.90 Å². The molecule has 0 radical (unpaired) electrons. The molecule has 30 heavy (non-hydrogen) atoms. The van der Waals surface area contributed by atoms with Crippen LogP contribution in [-0.2, 0) is 22.6 Å². The van der Waals surface area contributed by atoms with Crippen molar-refractivity contribution >= 4 is 23.4 Å². The van der Waals surface area contributed by atoms with Crippen LogP contribution in [0, 0.1) is 13.8 Å². The van der Waals surface area contributed by atoms with Gasteiger partial charge in [0.15, 0.2) is 0 Å². The maximum absolute atomic E-state index is 13.5. The van der Waals surface area contributed by atoms with Crippen LogP contribution in [0.2, 0.25) is 5.02 Å². The third-order valence-electron chi connectivity index (χ3n) is 5.88. The summed E-state index contributed by atoms with van der Waals surface area (Å²) in [4.78, 5) is 30.2. The van der Waals surface area contributed by atoms with Gasteiger partial charge < -0.3 is 9.80 Å². The Balaban J connectivity index is 1.73. The van der Waals surface area contributed by atoms with Gasteiger partial charge in [0.2, 0.25) is 11.8 Å². The molecule has 1 saturated heterocycles. The Morgan fingerprint density at radius 3 is 2.23 bits per heavy atom. The van der Waals surface area contributed by atoms with Gasteiger partial charge in [-0.2, -0.15) is 0 Å². The predicted octanol–water partition coefficient (Wildman–Crippen LogP) is 4.93. The lowest BCUT2D eigenvalue weighted by molar-refractivity contribution is -0.164. The van der Waals surface area contributed by atoms with Gasteiger partial charge in [-0.15, -0.1) is 0 Å². The number of benzene rings is 2. The van der Waals surface area contributed by atoms with Crippen LogP contribution >= 0.6 is 11.6 Å². The molecular formula is C25H31ClN2O2. The van der Waals surface area contributed by atoms with Crippen molar-refractivity contribution in [1.29, 1.82) is 0 Å². The lowest BCUT2D eigenvalue weighted by Crippen LogP contribution is -2.68. The number of hydrogen-bond donors (Lipinski definition) is 0. The van der Waals surface area contributed by atoms with Gasteiger partial charge in [-0.3, -0.25) is 9.59 Å². The molecule has 2 aromatic carbocycles. The number of halogens is 1. The molecule has 2 amide bonds. The standard InChI is InChI=1S/C25H31ClN2O2/c1-5-11-27(17-20-6-8-22(26)9-7-20)24(30)25(4)10-12-28(25)23(29)16-21-14-18(2)13-19(3)15-21/h6-9,13-15H,5,10-12,16-17H2,1-4H3. The summed E-state index contributed by atoms with van der Waals surface area (Å²) in [5.41, 5.74) is 3.58. The van der Waals surface area contributed by atoms with E-state index in [0.717, 1.165) is 28.7 Å². The zero-order chi connectivity index (χ0) is 21.9. The highest BCUT2D eigenvalue weighted by molar-refractivity contribution is 6.30. The number of carbonyl (C=O) groups excluding carboxylic acids is 2. The molecule has 1 fully saturated rings. The van der Waals surface area contributed by atoms with Gasteiger partial charge in [0.1, 0.15) is 5.54 Å². The molecule has 0 aromatic heterocycles. The van der Waals surface area contributed by atoms with E-state index in [1.165, 1.54) is 0 Å². The Bertz CT molecular complexity index is 905. The summed E-state index contributed by atoms with van der Waals surface area (Å²) in [5, 5.41) is 0.682. The predicted molar refractivity (Wildman–Crippen MR) is 122 cm³/mol. The summed E-state index contributed by atoms with van der Waals surface area (Å²) in [7, 11) is 0. The summed E-state index contributed by atoms with van der Waals surface area (Å²) in [6.45, 7) is 9.87. The quantitative estimate of drug-likeness (QED) is 0.629. The van der Waals surface area contributed by atoms with E-state index in [0.29, 0.717) is 37.5 Å². The molecule has 1 aliphatic rings. The molecule has 2 aromatic rings. The molecule has 0 N–H and O–H groups in total. The molecule has 0 saturated carbocycles. The Morgan fingerprint density at radius 1 is 1.07 bits per heavy atom. The number of rotatable bonds is 7. The van der Waals surface area contributed by atoms with Gasteiger partial charge in [-0.25, -0.2) is 0 Å².